The minimum atomic E-state index is -0.313. The Hall–Kier alpha value is -1.39. The second-order valence-corrected chi connectivity index (χ2v) is 5.74. The molecule has 2 aromatic rings. The van der Waals surface area contributed by atoms with Crippen molar-refractivity contribution in [3.05, 3.63) is 59.0 Å². The third-order valence-corrected chi connectivity index (χ3v) is 4.16. The minimum absolute atomic E-state index is 0.272. The lowest BCUT2D eigenvalue weighted by atomic mass is 10.1. The standard InChI is InChI=1S/C14H14ClNO2S/c15-11-5-3-10(4-6-11)8-13(14(16)17)19-9-12-2-1-7-18-12/h1-7,13H,8-9H2,(H2,16,17)/t13-/m0/s1. The summed E-state index contributed by atoms with van der Waals surface area (Å²) in [6.45, 7) is 0. The lowest BCUT2D eigenvalue weighted by Gasteiger charge is -2.12. The molecule has 0 fully saturated rings. The highest BCUT2D eigenvalue weighted by Gasteiger charge is 2.17. The Morgan fingerprint density at radius 1 is 1.32 bits per heavy atom. The molecule has 1 heterocycles. The number of primary amides is 1. The first kappa shape index (κ1) is 14.0. The van der Waals surface area contributed by atoms with Gasteiger partial charge in [0.25, 0.3) is 0 Å². The Labute approximate surface area is 121 Å². The Balaban J connectivity index is 1.96. The van der Waals surface area contributed by atoms with E-state index in [0.717, 1.165) is 11.3 Å². The number of hydrogen-bond donors (Lipinski definition) is 1. The van der Waals surface area contributed by atoms with E-state index in [-0.39, 0.29) is 11.2 Å². The fourth-order valence-electron chi connectivity index (χ4n) is 1.65. The fourth-order valence-corrected chi connectivity index (χ4v) is 2.78. The van der Waals surface area contributed by atoms with Gasteiger partial charge >= 0.3 is 0 Å². The third-order valence-electron chi connectivity index (χ3n) is 2.66. The molecule has 19 heavy (non-hydrogen) atoms. The molecule has 3 nitrogen and oxygen atoms in total. The van der Waals surface area contributed by atoms with Gasteiger partial charge in [-0.25, -0.2) is 0 Å². The molecule has 0 aliphatic heterocycles. The maximum atomic E-state index is 11.5. The van der Waals surface area contributed by atoms with Crippen LogP contribution in [0.5, 0.6) is 0 Å². The molecule has 100 valence electrons. The van der Waals surface area contributed by atoms with Gasteiger partial charge in [0, 0.05) is 5.02 Å². The molecule has 0 bridgehead atoms. The van der Waals surface area contributed by atoms with Crippen molar-refractivity contribution < 1.29 is 9.21 Å². The molecule has 0 saturated carbocycles. The second-order valence-electron chi connectivity index (χ2n) is 4.11. The highest BCUT2D eigenvalue weighted by atomic mass is 35.5. The predicted octanol–water partition coefficient (Wildman–Crippen LogP) is 3.26. The first-order chi connectivity index (χ1) is 9.15. The number of amides is 1. The molecule has 0 unspecified atom stereocenters. The number of rotatable bonds is 6. The van der Waals surface area contributed by atoms with Crippen molar-refractivity contribution in [2.45, 2.75) is 17.4 Å². The van der Waals surface area contributed by atoms with Gasteiger partial charge in [0.2, 0.25) is 5.91 Å². The lowest BCUT2D eigenvalue weighted by Crippen LogP contribution is -2.27. The molecule has 2 rings (SSSR count). The van der Waals surface area contributed by atoms with Gasteiger partial charge in [-0.1, -0.05) is 23.7 Å². The number of halogens is 1. The zero-order valence-corrected chi connectivity index (χ0v) is 11.8. The predicted molar refractivity (Wildman–Crippen MR) is 78.1 cm³/mol. The van der Waals surface area contributed by atoms with Crippen LogP contribution in [0.4, 0.5) is 0 Å². The van der Waals surface area contributed by atoms with E-state index in [2.05, 4.69) is 0 Å². The van der Waals surface area contributed by atoms with Crippen LogP contribution in [0.2, 0.25) is 5.02 Å². The maximum absolute atomic E-state index is 11.5. The first-order valence-corrected chi connectivity index (χ1v) is 7.25. The van der Waals surface area contributed by atoms with Crippen LogP contribution >= 0.6 is 23.4 Å². The molecule has 0 radical (unpaired) electrons. The number of thioether (sulfide) groups is 1. The van der Waals surface area contributed by atoms with Gasteiger partial charge in [-0.3, -0.25) is 4.79 Å². The van der Waals surface area contributed by atoms with Gasteiger partial charge in [-0.15, -0.1) is 11.8 Å². The van der Waals surface area contributed by atoms with Crippen molar-refractivity contribution >= 4 is 29.3 Å². The second kappa shape index (κ2) is 6.68. The van der Waals surface area contributed by atoms with E-state index < -0.39 is 0 Å². The average Bonchev–Trinajstić information content (AvgIpc) is 2.89. The number of furan rings is 1. The number of benzene rings is 1. The van der Waals surface area contributed by atoms with Crippen LogP contribution in [0, 0.1) is 0 Å². The smallest absolute Gasteiger partial charge is 0.230 e. The van der Waals surface area contributed by atoms with Crippen LogP contribution in [0.25, 0.3) is 0 Å². The Kier molecular flexibility index (Phi) is 4.93. The maximum Gasteiger partial charge on any atom is 0.230 e. The molecule has 0 saturated heterocycles. The Morgan fingerprint density at radius 3 is 2.63 bits per heavy atom. The molecule has 0 aliphatic rings. The summed E-state index contributed by atoms with van der Waals surface area (Å²) < 4.78 is 5.24. The van der Waals surface area contributed by atoms with Gasteiger partial charge in [-0.2, -0.15) is 0 Å². The van der Waals surface area contributed by atoms with Crippen molar-refractivity contribution in [1.29, 1.82) is 0 Å². The molecule has 1 atom stereocenters. The highest BCUT2D eigenvalue weighted by molar-refractivity contribution is 7.99. The zero-order chi connectivity index (χ0) is 13.7. The van der Waals surface area contributed by atoms with Crippen LogP contribution in [-0.4, -0.2) is 11.2 Å². The van der Waals surface area contributed by atoms with Gasteiger partial charge in [0.05, 0.1) is 17.3 Å². The van der Waals surface area contributed by atoms with Crippen LogP contribution in [0.15, 0.2) is 47.1 Å². The Morgan fingerprint density at radius 2 is 2.05 bits per heavy atom. The summed E-state index contributed by atoms with van der Waals surface area (Å²) in [5.74, 6) is 1.16. The molecule has 5 heteroatoms. The Bertz CT molecular complexity index is 525. The third kappa shape index (κ3) is 4.33. The largest absolute Gasteiger partial charge is 0.468 e. The summed E-state index contributed by atoms with van der Waals surface area (Å²) in [4.78, 5) is 11.5. The van der Waals surface area contributed by atoms with Crippen molar-refractivity contribution in [2.75, 3.05) is 0 Å². The summed E-state index contributed by atoms with van der Waals surface area (Å²) in [7, 11) is 0. The molecule has 1 aromatic carbocycles. The molecule has 0 aliphatic carbocycles. The van der Waals surface area contributed by atoms with Crippen LogP contribution in [0.3, 0.4) is 0 Å². The molecule has 0 spiro atoms. The first-order valence-electron chi connectivity index (χ1n) is 5.83. The number of hydrogen-bond acceptors (Lipinski definition) is 3. The molecule has 2 N–H and O–H groups in total. The van der Waals surface area contributed by atoms with Crippen molar-refractivity contribution in [3.63, 3.8) is 0 Å². The average molecular weight is 296 g/mol. The normalized spacial score (nSPS) is 12.3. The fraction of sp³-hybridized carbons (Fsp3) is 0.214. The van der Waals surface area contributed by atoms with E-state index in [0.29, 0.717) is 17.2 Å². The van der Waals surface area contributed by atoms with E-state index in [1.807, 2.05) is 36.4 Å². The van der Waals surface area contributed by atoms with Crippen LogP contribution in [-0.2, 0) is 17.0 Å². The van der Waals surface area contributed by atoms with Crippen molar-refractivity contribution in [3.8, 4) is 0 Å². The summed E-state index contributed by atoms with van der Waals surface area (Å²) in [5, 5.41) is 0.411. The summed E-state index contributed by atoms with van der Waals surface area (Å²) in [6, 6.07) is 11.2. The van der Waals surface area contributed by atoms with Gasteiger partial charge < -0.3 is 10.2 Å². The summed E-state index contributed by atoms with van der Waals surface area (Å²) in [6.07, 6.45) is 2.21. The molecular formula is C14H14ClNO2S. The van der Waals surface area contributed by atoms with Crippen molar-refractivity contribution in [2.24, 2.45) is 5.73 Å². The van der Waals surface area contributed by atoms with Gasteiger partial charge in [-0.05, 0) is 36.2 Å². The van der Waals surface area contributed by atoms with Gasteiger partial charge in [0.15, 0.2) is 0 Å². The number of nitrogens with two attached hydrogens (primary N) is 1. The van der Waals surface area contributed by atoms with Gasteiger partial charge in [0.1, 0.15) is 5.76 Å². The monoisotopic (exact) mass is 295 g/mol. The minimum Gasteiger partial charge on any atom is -0.468 e. The van der Waals surface area contributed by atoms with E-state index in [4.69, 9.17) is 21.8 Å². The molecular weight excluding hydrogens is 282 g/mol. The van der Waals surface area contributed by atoms with Crippen LogP contribution in [0.1, 0.15) is 11.3 Å². The topological polar surface area (TPSA) is 56.2 Å². The van der Waals surface area contributed by atoms with E-state index >= 15 is 0 Å². The van der Waals surface area contributed by atoms with Crippen LogP contribution < -0.4 is 5.73 Å². The van der Waals surface area contributed by atoms with Crippen molar-refractivity contribution in [1.82, 2.24) is 0 Å². The van der Waals surface area contributed by atoms with E-state index in [1.165, 1.54) is 11.8 Å². The van der Waals surface area contributed by atoms with E-state index in [9.17, 15) is 4.79 Å². The summed E-state index contributed by atoms with van der Waals surface area (Å²) in [5.41, 5.74) is 6.48. The highest BCUT2D eigenvalue weighted by Crippen LogP contribution is 2.22. The summed E-state index contributed by atoms with van der Waals surface area (Å²) >= 11 is 7.32. The zero-order valence-electron chi connectivity index (χ0n) is 10.2. The molecule has 1 aromatic heterocycles. The number of carbonyl (C=O) groups excluding carboxylic acids is 1. The van der Waals surface area contributed by atoms with E-state index in [1.54, 1.807) is 6.26 Å². The lowest BCUT2D eigenvalue weighted by molar-refractivity contribution is -0.117. The number of carbonyl (C=O) groups is 1. The SMILES string of the molecule is NC(=O)[C@H](Cc1ccc(Cl)cc1)SCc1ccco1. The quantitative estimate of drug-likeness (QED) is 0.890. The molecule has 1 amide bonds.